The Morgan fingerprint density at radius 2 is 2.00 bits per heavy atom. The van der Waals surface area contributed by atoms with Gasteiger partial charge in [0, 0.05) is 37.2 Å². The summed E-state index contributed by atoms with van der Waals surface area (Å²) in [5.41, 5.74) is 3.66. The van der Waals surface area contributed by atoms with Crippen molar-refractivity contribution in [2.24, 2.45) is 7.05 Å². The average molecular weight is 447 g/mol. The van der Waals surface area contributed by atoms with Gasteiger partial charge in [0.2, 0.25) is 0 Å². The molecular weight excluding hydrogens is 415 g/mol. The standard InChI is InChI=1S/C23H31FN4O2S/c1-16-7-8-18(20(24)11-16)22-19(23(29)25-2)12-21(17-13-26-27(3)14-17)28(22)15-30-9-10-31(4,5)6/h7-8,11-14H,9-10,15H2,1-6H3,(H,25,29). The molecule has 31 heavy (non-hydrogen) atoms. The van der Waals surface area contributed by atoms with E-state index >= 15 is 4.39 Å². The summed E-state index contributed by atoms with van der Waals surface area (Å²) >= 11 is 0. The molecule has 2 aromatic heterocycles. The summed E-state index contributed by atoms with van der Waals surface area (Å²) in [6.45, 7) is 2.64. The molecule has 0 aliphatic rings. The number of rotatable bonds is 8. The van der Waals surface area contributed by atoms with Crippen LogP contribution in [-0.4, -0.2) is 58.4 Å². The second-order valence-corrected chi connectivity index (χ2v) is 13.1. The highest BCUT2D eigenvalue weighted by molar-refractivity contribution is 8.32. The molecule has 1 amide bonds. The molecule has 3 rings (SSSR count). The maximum Gasteiger partial charge on any atom is 0.253 e. The zero-order chi connectivity index (χ0) is 22.8. The SMILES string of the molecule is CNC(=O)c1cc(-c2cnn(C)c2)n(COCCS(C)(C)C)c1-c1ccc(C)cc1F. The van der Waals surface area contributed by atoms with Crippen molar-refractivity contribution in [1.82, 2.24) is 19.7 Å². The van der Waals surface area contributed by atoms with Crippen molar-refractivity contribution in [3.05, 3.63) is 53.6 Å². The van der Waals surface area contributed by atoms with Crippen LogP contribution in [0.5, 0.6) is 0 Å². The molecule has 0 saturated heterocycles. The molecular formula is C23H31FN4O2S. The number of halogens is 1. The summed E-state index contributed by atoms with van der Waals surface area (Å²) in [6, 6.07) is 6.82. The van der Waals surface area contributed by atoms with Crippen LogP contribution in [0.1, 0.15) is 15.9 Å². The molecule has 2 heterocycles. The highest BCUT2D eigenvalue weighted by atomic mass is 32.3. The zero-order valence-corrected chi connectivity index (χ0v) is 19.8. The van der Waals surface area contributed by atoms with E-state index in [1.807, 2.05) is 30.8 Å². The van der Waals surface area contributed by atoms with Crippen molar-refractivity contribution in [3.63, 3.8) is 0 Å². The molecule has 1 aromatic carbocycles. The second-order valence-electron chi connectivity index (χ2n) is 8.52. The fourth-order valence-corrected chi connectivity index (χ4v) is 3.97. The van der Waals surface area contributed by atoms with Crippen LogP contribution in [0.2, 0.25) is 0 Å². The number of nitrogens with one attached hydrogen (secondary N) is 1. The maximum absolute atomic E-state index is 15.0. The lowest BCUT2D eigenvalue weighted by Gasteiger charge is -2.25. The number of nitrogens with zero attached hydrogens (tertiary/aromatic N) is 3. The lowest BCUT2D eigenvalue weighted by Crippen LogP contribution is -2.19. The van der Waals surface area contributed by atoms with Crippen LogP contribution in [0.3, 0.4) is 0 Å². The Bertz CT molecular complexity index is 1080. The smallest absolute Gasteiger partial charge is 0.253 e. The zero-order valence-electron chi connectivity index (χ0n) is 19.0. The lowest BCUT2D eigenvalue weighted by atomic mass is 10.0. The molecule has 0 unspecified atom stereocenters. The third kappa shape index (κ3) is 5.37. The van der Waals surface area contributed by atoms with Gasteiger partial charge >= 0.3 is 0 Å². The molecule has 0 atom stereocenters. The van der Waals surface area contributed by atoms with Gasteiger partial charge in [-0.15, -0.1) is 0 Å². The Morgan fingerprint density at radius 3 is 2.58 bits per heavy atom. The predicted molar refractivity (Wildman–Crippen MR) is 126 cm³/mol. The number of aryl methyl sites for hydroxylation is 2. The predicted octanol–water partition coefficient (Wildman–Crippen LogP) is 4.03. The third-order valence-electron chi connectivity index (χ3n) is 5.01. The normalized spacial score (nSPS) is 12.2. The number of ether oxygens (including phenoxy) is 1. The van der Waals surface area contributed by atoms with Gasteiger partial charge < -0.3 is 14.6 Å². The first kappa shape index (κ1) is 23.1. The quantitative estimate of drug-likeness (QED) is 0.532. The van der Waals surface area contributed by atoms with E-state index in [1.54, 1.807) is 30.1 Å². The lowest BCUT2D eigenvalue weighted by molar-refractivity contribution is 0.0914. The Balaban J connectivity index is 2.15. The van der Waals surface area contributed by atoms with E-state index in [1.165, 1.54) is 6.07 Å². The number of carbonyl (C=O) groups excluding carboxylic acids is 1. The second kappa shape index (κ2) is 9.28. The number of hydrogen-bond donors (Lipinski definition) is 1. The highest BCUT2D eigenvalue weighted by Gasteiger charge is 2.24. The fraction of sp³-hybridized carbons (Fsp3) is 0.391. The summed E-state index contributed by atoms with van der Waals surface area (Å²) in [5, 5.41) is 6.93. The summed E-state index contributed by atoms with van der Waals surface area (Å²) in [6.07, 6.45) is 10.3. The molecule has 0 fully saturated rings. The van der Waals surface area contributed by atoms with Crippen LogP contribution in [0.4, 0.5) is 4.39 Å². The van der Waals surface area contributed by atoms with Crippen molar-refractivity contribution in [3.8, 4) is 22.5 Å². The minimum Gasteiger partial charge on any atom is -0.360 e. The van der Waals surface area contributed by atoms with Gasteiger partial charge in [0.1, 0.15) is 12.5 Å². The van der Waals surface area contributed by atoms with Gasteiger partial charge in [-0.3, -0.25) is 9.48 Å². The Hall–Kier alpha value is -2.58. The van der Waals surface area contributed by atoms with Crippen molar-refractivity contribution in [2.75, 3.05) is 38.2 Å². The summed E-state index contributed by atoms with van der Waals surface area (Å²) in [7, 11) is 2.71. The summed E-state index contributed by atoms with van der Waals surface area (Å²) in [5.74, 6) is 0.312. The topological polar surface area (TPSA) is 61.1 Å². The highest BCUT2D eigenvalue weighted by Crippen LogP contribution is 2.36. The van der Waals surface area contributed by atoms with Crippen molar-refractivity contribution in [2.45, 2.75) is 13.7 Å². The first-order valence-corrected chi connectivity index (χ1v) is 13.1. The molecule has 0 aliphatic heterocycles. The minimum absolute atomic E-state index is 0.208. The summed E-state index contributed by atoms with van der Waals surface area (Å²) < 4.78 is 24.6. The van der Waals surface area contributed by atoms with E-state index in [-0.39, 0.29) is 18.5 Å². The Kier molecular flexibility index (Phi) is 6.91. The van der Waals surface area contributed by atoms with Gasteiger partial charge in [0.15, 0.2) is 0 Å². The van der Waals surface area contributed by atoms with E-state index in [9.17, 15) is 4.79 Å². The van der Waals surface area contributed by atoms with E-state index in [4.69, 9.17) is 4.74 Å². The monoisotopic (exact) mass is 446 g/mol. The third-order valence-corrected chi connectivity index (χ3v) is 6.40. The molecule has 0 aliphatic carbocycles. The Morgan fingerprint density at radius 1 is 1.26 bits per heavy atom. The van der Waals surface area contributed by atoms with Gasteiger partial charge in [-0.05, 0) is 49.5 Å². The number of benzene rings is 1. The van der Waals surface area contributed by atoms with E-state index in [2.05, 4.69) is 29.2 Å². The fourth-order valence-electron chi connectivity index (χ4n) is 3.35. The number of hydrogen-bond acceptors (Lipinski definition) is 3. The van der Waals surface area contributed by atoms with Gasteiger partial charge in [-0.25, -0.2) is 14.4 Å². The number of amides is 1. The van der Waals surface area contributed by atoms with Gasteiger partial charge in [-0.2, -0.15) is 5.10 Å². The van der Waals surface area contributed by atoms with Crippen LogP contribution in [-0.2, 0) is 18.5 Å². The average Bonchev–Trinajstić information content (AvgIpc) is 3.27. The van der Waals surface area contributed by atoms with Crippen LogP contribution >= 0.6 is 10.0 Å². The number of carbonyl (C=O) groups is 1. The maximum atomic E-state index is 15.0. The van der Waals surface area contributed by atoms with Crippen LogP contribution in [0.25, 0.3) is 22.5 Å². The largest absolute Gasteiger partial charge is 0.360 e. The van der Waals surface area contributed by atoms with Gasteiger partial charge in [0.05, 0.1) is 29.8 Å². The number of aromatic nitrogens is 3. The molecule has 6 nitrogen and oxygen atoms in total. The molecule has 0 radical (unpaired) electrons. The van der Waals surface area contributed by atoms with Crippen molar-refractivity contribution in [1.29, 1.82) is 0 Å². The van der Waals surface area contributed by atoms with Crippen LogP contribution in [0.15, 0.2) is 36.7 Å². The van der Waals surface area contributed by atoms with Gasteiger partial charge in [0.25, 0.3) is 5.91 Å². The summed E-state index contributed by atoms with van der Waals surface area (Å²) in [4.78, 5) is 12.7. The first-order chi connectivity index (χ1) is 14.6. The van der Waals surface area contributed by atoms with E-state index in [0.717, 1.165) is 22.6 Å². The minimum atomic E-state index is -0.695. The van der Waals surface area contributed by atoms with Crippen LogP contribution in [0, 0.1) is 12.7 Å². The molecule has 8 heteroatoms. The first-order valence-electron chi connectivity index (χ1n) is 10.1. The molecule has 168 valence electrons. The van der Waals surface area contributed by atoms with Gasteiger partial charge in [-0.1, -0.05) is 6.07 Å². The van der Waals surface area contributed by atoms with E-state index < -0.39 is 10.0 Å². The van der Waals surface area contributed by atoms with Crippen molar-refractivity contribution >= 4 is 15.9 Å². The molecule has 0 saturated carbocycles. The molecule has 0 spiro atoms. The van der Waals surface area contributed by atoms with Crippen LogP contribution < -0.4 is 5.32 Å². The van der Waals surface area contributed by atoms with E-state index in [0.29, 0.717) is 23.4 Å². The Labute approximate surface area is 184 Å². The van der Waals surface area contributed by atoms with Crippen molar-refractivity contribution < 1.29 is 13.9 Å². The molecule has 3 aromatic rings. The molecule has 1 N–H and O–H groups in total. The molecule has 0 bridgehead atoms.